The van der Waals surface area contributed by atoms with E-state index in [4.69, 9.17) is 27.9 Å². The lowest BCUT2D eigenvalue weighted by Gasteiger charge is -2.09. The Morgan fingerprint density at radius 3 is 2.35 bits per heavy atom. The molecule has 102 valence electrons. The number of nitro benzene ring substituents is 1. The van der Waals surface area contributed by atoms with Gasteiger partial charge in [0.2, 0.25) is 5.75 Å². The van der Waals surface area contributed by atoms with E-state index in [1.807, 2.05) is 0 Å². The lowest BCUT2D eigenvalue weighted by Crippen LogP contribution is -1.95. The third-order valence-electron chi connectivity index (χ3n) is 2.44. The molecule has 0 aliphatic carbocycles. The first-order chi connectivity index (χ1) is 9.51. The number of benzene rings is 2. The Morgan fingerprint density at radius 2 is 1.70 bits per heavy atom. The number of carbonyl (C=O) groups is 1. The normalized spacial score (nSPS) is 10.1. The Labute approximate surface area is 123 Å². The molecule has 0 heterocycles. The molecule has 0 radical (unpaired) electrons. The Kier molecular flexibility index (Phi) is 4.22. The lowest BCUT2D eigenvalue weighted by molar-refractivity contribution is -0.385. The van der Waals surface area contributed by atoms with Crippen LogP contribution in [0.3, 0.4) is 0 Å². The number of hydrogen-bond donors (Lipinski definition) is 0. The molecular weight excluding hydrogens is 305 g/mol. The van der Waals surface area contributed by atoms with E-state index in [2.05, 4.69) is 0 Å². The summed E-state index contributed by atoms with van der Waals surface area (Å²) in [5, 5.41) is 11.5. The van der Waals surface area contributed by atoms with Gasteiger partial charge in [0.15, 0.2) is 6.29 Å². The minimum absolute atomic E-state index is 0.0234. The van der Waals surface area contributed by atoms with Crippen LogP contribution in [0.2, 0.25) is 10.0 Å². The second-order valence-electron chi connectivity index (χ2n) is 3.77. The molecule has 0 bridgehead atoms. The summed E-state index contributed by atoms with van der Waals surface area (Å²) < 4.78 is 5.41. The molecule has 0 aliphatic rings. The van der Waals surface area contributed by atoms with Crippen molar-refractivity contribution in [3.05, 3.63) is 62.1 Å². The van der Waals surface area contributed by atoms with Crippen LogP contribution in [0.1, 0.15) is 10.4 Å². The van der Waals surface area contributed by atoms with E-state index in [-0.39, 0.29) is 27.8 Å². The average molecular weight is 312 g/mol. The number of aldehydes is 1. The molecular formula is C13H7Cl2NO4. The summed E-state index contributed by atoms with van der Waals surface area (Å²) in [6.07, 6.45) is 0.577. The molecule has 0 saturated heterocycles. The Bertz CT molecular complexity index is 688. The summed E-state index contributed by atoms with van der Waals surface area (Å²) in [7, 11) is 0. The fourth-order valence-electron chi connectivity index (χ4n) is 1.53. The van der Waals surface area contributed by atoms with E-state index < -0.39 is 4.92 Å². The summed E-state index contributed by atoms with van der Waals surface area (Å²) in [5.74, 6) is 0.114. The van der Waals surface area contributed by atoms with E-state index >= 15 is 0 Å². The second kappa shape index (κ2) is 5.90. The minimum Gasteiger partial charge on any atom is -0.449 e. The van der Waals surface area contributed by atoms with E-state index in [0.29, 0.717) is 11.3 Å². The van der Waals surface area contributed by atoms with Crippen molar-refractivity contribution in [3.8, 4) is 11.5 Å². The van der Waals surface area contributed by atoms with Crippen LogP contribution in [0, 0.1) is 10.1 Å². The zero-order valence-electron chi connectivity index (χ0n) is 9.88. The van der Waals surface area contributed by atoms with Gasteiger partial charge in [0.25, 0.3) is 0 Å². The first kappa shape index (κ1) is 14.3. The minimum atomic E-state index is -0.619. The Morgan fingerprint density at radius 1 is 1.05 bits per heavy atom. The average Bonchev–Trinajstić information content (AvgIpc) is 2.41. The standard InChI is InChI=1S/C13H7Cl2NO4/c14-9-3-4-12(11(5-9)16(18)19)20-13-6-10(15)2-1-8(13)7-17/h1-7H. The van der Waals surface area contributed by atoms with Crippen LogP contribution in [0.4, 0.5) is 5.69 Å². The molecule has 5 nitrogen and oxygen atoms in total. The third-order valence-corrected chi connectivity index (χ3v) is 2.91. The molecule has 0 spiro atoms. The van der Waals surface area contributed by atoms with Gasteiger partial charge in [0.1, 0.15) is 5.75 Å². The second-order valence-corrected chi connectivity index (χ2v) is 4.64. The number of hydrogen-bond acceptors (Lipinski definition) is 4. The van der Waals surface area contributed by atoms with E-state index in [0.717, 1.165) is 0 Å². The van der Waals surface area contributed by atoms with Crippen LogP contribution in [-0.2, 0) is 0 Å². The van der Waals surface area contributed by atoms with E-state index in [1.165, 1.54) is 36.4 Å². The van der Waals surface area contributed by atoms with Gasteiger partial charge in [0, 0.05) is 22.2 Å². The van der Waals surface area contributed by atoms with Gasteiger partial charge in [-0.15, -0.1) is 0 Å². The molecule has 0 unspecified atom stereocenters. The molecule has 0 aromatic heterocycles. The number of carbonyl (C=O) groups excluding carboxylic acids is 1. The van der Waals surface area contributed by atoms with Crippen LogP contribution in [-0.4, -0.2) is 11.2 Å². The lowest BCUT2D eigenvalue weighted by atomic mass is 10.2. The molecule has 2 rings (SSSR count). The van der Waals surface area contributed by atoms with Gasteiger partial charge in [-0.2, -0.15) is 0 Å². The van der Waals surface area contributed by atoms with Gasteiger partial charge < -0.3 is 4.74 Å². The quantitative estimate of drug-likeness (QED) is 0.473. The number of nitrogens with zero attached hydrogens (tertiary/aromatic N) is 1. The summed E-state index contributed by atoms with van der Waals surface area (Å²) in [6.45, 7) is 0. The van der Waals surface area contributed by atoms with Crippen molar-refractivity contribution in [2.45, 2.75) is 0 Å². The smallest absolute Gasteiger partial charge is 0.313 e. The molecule has 7 heteroatoms. The number of halogens is 2. The van der Waals surface area contributed by atoms with Crippen LogP contribution in [0.15, 0.2) is 36.4 Å². The van der Waals surface area contributed by atoms with Crippen molar-refractivity contribution in [3.63, 3.8) is 0 Å². The maximum atomic E-state index is 11.0. The molecule has 0 fully saturated rings. The number of nitro groups is 1. The van der Waals surface area contributed by atoms with Crippen molar-refractivity contribution in [1.82, 2.24) is 0 Å². The van der Waals surface area contributed by atoms with E-state index in [1.54, 1.807) is 0 Å². The molecule has 2 aromatic rings. The first-order valence-electron chi connectivity index (χ1n) is 5.38. The predicted octanol–water partition coefficient (Wildman–Crippen LogP) is 4.51. The molecule has 0 atom stereocenters. The maximum Gasteiger partial charge on any atom is 0.313 e. The molecule has 20 heavy (non-hydrogen) atoms. The SMILES string of the molecule is O=Cc1ccc(Cl)cc1Oc1ccc(Cl)cc1[N+](=O)[O-]. The van der Waals surface area contributed by atoms with Gasteiger partial charge >= 0.3 is 5.69 Å². The van der Waals surface area contributed by atoms with Gasteiger partial charge in [0.05, 0.1) is 10.5 Å². The third kappa shape index (κ3) is 3.07. The van der Waals surface area contributed by atoms with Crippen LogP contribution in [0.5, 0.6) is 11.5 Å². The largest absolute Gasteiger partial charge is 0.449 e. The van der Waals surface area contributed by atoms with Crippen molar-refractivity contribution >= 4 is 35.2 Å². The van der Waals surface area contributed by atoms with Gasteiger partial charge in [-0.1, -0.05) is 23.2 Å². The zero-order chi connectivity index (χ0) is 14.7. The first-order valence-corrected chi connectivity index (χ1v) is 6.13. The zero-order valence-corrected chi connectivity index (χ0v) is 11.4. The molecule has 0 amide bonds. The van der Waals surface area contributed by atoms with Gasteiger partial charge in [-0.25, -0.2) is 0 Å². The topological polar surface area (TPSA) is 69.4 Å². The van der Waals surface area contributed by atoms with Crippen molar-refractivity contribution in [1.29, 1.82) is 0 Å². The highest BCUT2D eigenvalue weighted by atomic mass is 35.5. The predicted molar refractivity (Wildman–Crippen MR) is 75.0 cm³/mol. The van der Waals surface area contributed by atoms with Crippen LogP contribution < -0.4 is 4.74 Å². The molecule has 0 saturated carbocycles. The fourth-order valence-corrected chi connectivity index (χ4v) is 1.86. The Balaban J connectivity index is 2.47. The van der Waals surface area contributed by atoms with Crippen molar-refractivity contribution in [2.24, 2.45) is 0 Å². The maximum absolute atomic E-state index is 11.0. The number of rotatable bonds is 4. The molecule has 2 aromatic carbocycles. The summed E-state index contributed by atoms with van der Waals surface area (Å²) in [5.41, 5.74) is -0.0621. The van der Waals surface area contributed by atoms with E-state index in [9.17, 15) is 14.9 Å². The molecule has 0 aliphatic heterocycles. The highest BCUT2D eigenvalue weighted by molar-refractivity contribution is 6.31. The van der Waals surface area contributed by atoms with Crippen LogP contribution in [0.25, 0.3) is 0 Å². The van der Waals surface area contributed by atoms with Crippen LogP contribution >= 0.6 is 23.2 Å². The summed E-state index contributed by atoms with van der Waals surface area (Å²) in [4.78, 5) is 21.3. The monoisotopic (exact) mass is 311 g/mol. The summed E-state index contributed by atoms with van der Waals surface area (Å²) >= 11 is 11.5. The van der Waals surface area contributed by atoms with Crippen molar-refractivity contribution < 1.29 is 14.5 Å². The molecule has 0 N–H and O–H groups in total. The Hall–Kier alpha value is -2.11. The highest BCUT2D eigenvalue weighted by Gasteiger charge is 2.17. The van der Waals surface area contributed by atoms with Gasteiger partial charge in [-0.3, -0.25) is 14.9 Å². The number of ether oxygens (including phenoxy) is 1. The van der Waals surface area contributed by atoms with Gasteiger partial charge in [-0.05, 0) is 24.3 Å². The van der Waals surface area contributed by atoms with Crippen molar-refractivity contribution in [2.75, 3.05) is 0 Å². The summed E-state index contributed by atoms with van der Waals surface area (Å²) in [6, 6.07) is 8.37. The highest BCUT2D eigenvalue weighted by Crippen LogP contribution is 2.35. The fraction of sp³-hybridized carbons (Fsp3) is 0.